The van der Waals surface area contributed by atoms with Crippen LogP contribution in [0.5, 0.6) is 5.75 Å². The first kappa shape index (κ1) is 15.6. The van der Waals surface area contributed by atoms with Gasteiger partial charge in [-0.2, -0.15) is 0 Å². The van der Waals surface area contributed by atoms with E-state index in [1.807, 2.05) is 24.3 Å². The zero-order valence-corrected chi connectivity index (χ0v) is 13.3. The molecule has 1 heterocycles. The van der Waals surface area contributed by atoms with E-state index in [0.717, 1.165) is 25.1 Å². The Morgan fingerprint density at radius 3 is 2.85 bits per heavy atom. The monoisotopic (exact) mass is 296 g/mol. The van der Waals surface area contributed by atoms with Crippen LogP contribution in [0.4, 0.5) is 0 Å². The maximum atomic E-state index is 6.26. The average Bonchev–Trinajstić information content (AvgIpc) is 2.38. The number of hydrogen-bond donors (Lipinski definition) is 2. The molecule has 1 aromatic carbocycles. The lowest BCUT2D eigenvalue weighted by Gasteiger charge is -2.40. The summed E-state index contributed by atoms with van der Waals surface area (Å²) in [7, 11) is 0. The van der Waals surface area contributed by atoms with Crippen LogP contribution >= 0.6 is 11.6 Å². The summed E-state index contributed by atoms with van der Waals surface area (Å²) in [5.41, 5.74) is 6.13. The van der Waals surface area contributed by atoms with Gasteiger partial charge in [-0.25, -0.2) is 0 Å². The first-order valence-corrected chi connectivity index (χ1v) is 7.68. The Bertz CT molecular complexity index is 444. The fourth-order valence-corrected chi connectivity index (χ4v) is 3.00. The maximum absolute atomic E-state index is 6.26. The minimum atomic E-state index is -0.129. The fraction of sp³-hybridized carbons (Fsp3) is 0.625. The second kappa shape index (κ2) is 6.33. The van der Waals surface area contributed by atoms with Gasteiger partial charge < -0.3 is 15.8 Å². The number of benzene rings is 1. The van der Waals surface area contributed by atoms with Crippen LogP contribution < -0.4 is 15.8 Å². The van der Waals surface area contributed by atoms with Crippen LogP contribution in [-0.2, 0) is 0 Å². The number of rotatable bonds is 4. The maximum Gasteiger partial charge on any atom is 0.121 e. The van der Waals surface area contributed by atoms with Gasteiger partial charge in [0.05, 0.1) is 0 Å². The Morgan fingerprint density at radius 2 is 2.20 bits per heavy atom. The standard InChI is InChI=1S/C16H25ClN2O/c1-11(20-14-6-4-5-13(17)10-14)15-9-12(7-8-19-15)16(2,3)18/h4-6,10-12,15,19H,7-9,18H2,1-3H3. The van der Waals surface area contributed by atoms with Crippen LogP contribution in [0.3, 0.4) is 0 Å². The number of piperidine rings is 1. The van der Waals surface area contributed by atoms with E-state index in [-0.39, 0.29) is 11.6 Å². The molecule has 1 fully saturated rings. The van der Waals surface area contributed by atoms with Gasteiger partial charge >= 0.3 is 0 Å². The molecule has 0 saturated carbocycles. The quantitative estimate of drug-likeness (QED) is 0.897. The van der Waals surface area contributed by atoms with Gasteiger partial charge in [-0.1, -0.05) is 17.7 Å². The smallest absolute Gasteiger partial charge is 0.121 e. The molecule has 0 spiro atoms. The van der Waals surface area contributed by atoms with Gasteiger partial charge in [0.15, 0.2) is 0 Å². The largest absolute Gasteiger partial charge is 0.489 e. The van der Waals surface area contributed by atoms with Crippen molar-refractivity contribution >= 4 is 11.6 Å². The van der Waals surface area contributed by atoms with Crippen LogP contribution in [0, 0.1) is 5.92 Å². The first-order chi connectivity index (χ1) is 9.36. The zero-order chi connectivity index (χ0) is 14.8. The summed E-state index contributed by atoms with van der Waals surface area (Å²) < 4.78 is 6.01. The van der Waals surface area contributed by atoms with Gasteiger partial charge in [-0.05, 0) is 64.3 Å². The lowest BCUT2D eigenvalue weighted by molar-refractivity contribution is 0.114. The molecule has 0 aromatic heterocycles. The first-order valence-electron chi connectivity index (χ1n) is 7.31. The number of nitrogens with two attached hydrogens (primary N) is 1. The highest BCUT2D eigenvalue weighted by atomic mass is 35.5. The Labute approximate surface area is 126 Å². The molecule has 2 rings (SSSR count). The van der Waals surface area contributed by atoms with E-state index in [9.17, 15) is 0 Å². The Hall–Kier alpha value is -0.770. The summed E-state index contributed by atoms with van der Waals surface area (Å²) in [4.78, 5) is 0. The third-order valence-electron chi connectivity index (χ3n) is 4.17. The molecular formula is C16H25ClN2O. The van der Waals surface area contributed by atoms with Crippen LogP contribution in [0.15, 0.2) is 24.3 Å². The molecule has 3 atom stereocenters. The second-order valence-corrected chi connectivity index (χ2v) is 6.82. The summed E-state index contributed by atoms with van der Waals surface area (Å²) >= 11 is 5.98. The summed E-state index contributed by atoms with van der Waals surface area (Å²) in [5, 5.41) is 4.24. The van der Waals surface area contributed by atoms with E-state index in [4.69, 9.17) is 22.1 Å². The normalized spacial score (nSPS) is 25.2. The van der Waals surface area contributed by atoms with Crippen molar-refractivity contribution in [3.8, 4) is 5.75 Å². The van der Waals surface area contributed by atoms with Crippen LogP contribution in [0.1, 0.15) is 33.6 Å². The molecule has 3 unspecified atom stereocenters. The molecule has 0 amide bonds. The highest BCUT2D eigenvalue weighted by molar-refractivity contribution is 6.30. The summed E-state index contributed by atoms with van der Waals surface area (Å²) in [6.07, 6.45) is 2.27. The second-order valence-electron chi connectivity index (χ2n) is 6.38. The van der Waals surface area contributed by atoms with E-state index in [0.29, 0.717) is 17.0 Å². The van der Waals surface area contributed by atoms with Crippen molar-refractivity contribution in [2.75, 3.05) is 6.54 Å². The minimum Gasteiger partial charge on any atom is -0.489 e. The molecule has 20 heavy (non-hydrogen) atoms. The minimum absolute atomic E-state index is 0.0959. The molecule has 1 aromatic rings. The van der Waals surface area contributed by atoms with Crippen molar-refractivity contribution in [2.24, 2.45) is 11.7 Å². The van der Waals surface area contributed by atoms with Crippen molar-refractivity contribution in [1.29, 1.82) is 0 Å². The van der Waals surface area contributed by atoms with Crippen LogP contribution in [0.2, 0.25) is 5.02 Å². The van der Waals surface area contributed by atoms with Crippen LogP contribution in [-0.4, -0.2) is 24.2 Å². The Kier molecular flexibility index (Phi) is 4.95. The topological polar surface area (TPSA) is 47.3 Å². The van der Waals surface area contributed by atoms with Gasteiger partial charge in [0.25, 0.3) is 0 Å². The predicted molar refractivity (Wildman–Crippen MR) is 84.3 cm³/mol. The van der Waals surface area contributed by atoms with Gasteiger partial charge in [-0.15, -0.1) is 0 Å². The number of ether oxygens (including phenoxy) is 1. The molecular weight excluding hydrogens is 272 g/mol. The number of hydrogen-bond acceptors (Lipinski definition) is 3. The fourth-order valence-electron chi connectivity index (χ4n) is 2.82. The molecule has 1 aliphatic rings. The molecule has 1 saturated heterocycles. The molecule has 3 nitrogen and oxygen atoms in total. The van der Waals surface area contributed by atoms with Gasteiger partial charge in [0.1, 0.15) is 11.9 Å². The molecule has 1 aliphatic heterocycles. The lowest BCUT2D eigenvalue weighted by atomic mass is 9.78. The third kappa shape index (κ3) is 4.11. The highest BCUT2D eigenvalue weighted by Crippen LogP contribution is 2.28. The summed E-state index contributed by atoms with van der Waals surface area (Å²) in [6.45, 7) is 7.33. The predicted octanol–water partition coefficient (Wildman–Crippen LogP) is 3.21. The Balaban J connectivity index is 1.97. The third-order valence-corrected chi connectivity index (χ3v) is 4.41. The van der Waals surface area contributed by atoms with Crippen molar-refractivity contribution in [3.05, 3.63) is 29.3 Å². The Morgan fingerprint density at radius 1 is 1.45 bits per heavy atom. The molecule has 4 heteroatoms. The molecule has 0 radical (unpaired) electrons. The summed E-state index contributed by atoms with van der Waals surface area (Å²) in [6, 6.07) is 7.88. The number of halogens is 1. The van der Waals surface area contributed by atoms with E-state index >= 15 is 0 Å². The van der Waals surface area contributed by atoms with Gasteiger partial charge in [0.2, 0.25) is 0 Å². The van der Waals surface area contributed by atoms with Crippen molar-refractivity contribution in [1.82, 2.24) is 5.32 Å². The number of nitrogens with one attached hydrogen (secondary N) is 1. The molecule has 0 aliphatic carbocycles. The van der Waals surface area contributed by atoms with E-state index < -0.39 is 0 Å². The van der Waals surface area contributed by atoms with E-state index in [1.165, 1.54) is 0 Å². The van der Waals surface area contributed by atoms with E-state index in [1.54, 1.807) is 0 Å². The SMILES string of the molecule is CC(Oc1cccc(Cl)c1)C1CC(C(C)(C)N)CCN1. The molecule has 112 valence electrons. The van der Waals surface area contributed by atoms with Crippen LogP contribution in [0.25, 0.3) is 0 Å². The van der Waals surface area contributed by atoms with E-state index in [2.05, 4.69) is 26.1 Å². The zero-order valence-electron chi connectivity index (χ0n) is 12.5. The van der Waals surface area contributed by atoms with Crippen molar-refractivity contribution in [3.63, 3.8) is 0 Å². The molecule has 3 N–H and O–H groups in total. The molecule has 0 bridgehead atoms. The van der Waals surface area contributed by atoms with Gasteiger partial charge in [0, 0.05) is 16.6 Å². The van der Waals surface area contributed by atoms with Gasteiger partial charge in [-0.3, -0.25) is 0 Å². The average molecular weight is 297 g/mol. The van der Waals surface area contributed by atoms with Crippen molar-refractivity contribution < 1.29 is 4.74 Å². The summed E-state index contributed by atoms with van der Waals surface area (Å²) in [5.74, 6) is 1.35. The van der Waals surface area contributed by atoms with Crippen molar-refractivity contribution in [2.45, 2.75) is 51.3 Å². The lowest BCUT2D eigenvalue weighted by Crippen LogP contribution is -2.53. The highest BCUT2D eigenvalue weighted by Gasteiger charge is 2.33.